The third-order valence-corrected chi connectivity index (χ3v) is 5.08. The lowest BCUT2D eigenvalue weighted by molar-refractivity contribution is -0.136. The van der Waals surface area contributed by atoms with Gasteiger partial charge < -0.3 is 19.5 Å². The number of rotatable bonds is 11. The molecule has 1 aliphatic heterocycles. The molecule has 0 aliphatic carbocycles. The molecule has 6 nitrogen and oxygen atoms in total. The lowest BCUT2D eigenvalue weighted by Crippen LogP contribution is -2.41. The highest BCUT2D eigenvalue weighted by molar-refractivity contribution is 5.97. The molecule has 0 spiro atoms. The number of carbonyl (C=O) groups excluding carboxylic acids is 1. The summed E-state index contributed by atoms with van der Waals surface area (Å²) in [5.74, 6) is 0.695. The van der Waals surface area contributed by atoms with Crippen LogP contribution >= 0.6 is 0 Å². The van der Waals surface area contributed by atoms with Crippen molar-refractivity contribution in [3.8, 4) is 5.75 Å². The van der Waals surface area contributed by atoms with E-state index in [0.717, 1.165) is 63.5 Å². The van der Waals surface area contributed by atoms with Crippen molar-refractivity contribution in [2.75, 3.05) is 51.9 Å². The summed E-state index contributed by atoms with van der Waals surface area (Å²) in [7, 11) is 1.59. The number of anilines is 1. The summed E-state index contributed by atoms with van der Waals surface area (Å²) < 4.78 is 16.6. The molecule has 0 bridgehead atoms. The van der Waals surface area contributed by atoms with Crippen LogP contribution in [0.2, 0.25) is 0 Å². The van der Waals surface area contributed by atoms with Crippen LogP contribution in [0.1, 0.15) is 39.5 Å². The Labute approximate surface area is 163 Å². The van der Waals surface area contributed by atoms with Gasteiger partial charge in [0.05, 0.1) is 13.2 Å². The molecular formula is C21H34N2O4. The smallest absolute Gasteiger partial charge is 0.256 e. The summed E-state index contributed by atoms with van der Waals surface area (Å²) in [4.78, 5) is 14.9. The summed E-state index contributed by atoms with van der Waals surface area (Å²) in [6.45, 7) is 9.06. The fourth-order valence-corrected chi connectivity index (χ4v) is 3.04. The van der Waals surface area contributed by atoms with Crippen molar-refractivity contribution in [1.29, 1.82) is 0 Å². The number of morpholine rings is 1. The number of hydrogen-bond acceptors (Lipinski definition) is 5. The number of nitrogens with one attached hydrogen (secondary N) is 1. The Morgan fingerprint density at radius 2 is 1.93 bits per heavy atom. The molecule has 1 fully saturated rings. The molecule has 0 saturated carbocycles. The van der Waals surface area contributed by atoms with Crippen LogP contribution in [0.5, 0.6) is 5.75 Å². The van der Waals surface area contributed by atoms with E-state index in [1.807, 2.05) is 31.2 Å². The van der Waals surface area contributed by atoms with Crippen LogP contribution in [-0.4, -0.2) is 63.0 Å². The molecule has 2 rings (SSSR count). The maximum atomic E-state index is 12.6. The maximum absolute atomic E-state index is 12.6. The molecule has 6 heteroatoms. The van der Waals surface area contributed by atoms with Crippen LogP contribution in [-0.2, 0) is 14.3 Å². The molecular weight excluding hydrogens is 344 g/mol. The van der Waals surface area contributed by atoms with Crippen molar-refractivity contribution in [2.24, 2.45) is 0 Å². The fraction of sp³-hybridized carbons (Fsp3) is 0.667. The Bertz CT molecular complexity index is 558. The van der Waals surface area contributed by atoms with Gasteiger partial charge in [0, 0.05) is 32.4 Å². The van der Waals surface area contributed by atoms with Crippen LogP contribution in [0, 0.1) is 0 Å². The number of benzene rings is 1. The van der Waals surface area contributed by atoms with E-state index in [4.69, 9.17) is 14.2 Å². The van der Waals surface area contributed by atoms with Gasteiger partial charge in [-0.25, -0.2) is 0 Å². The van der Waals surface area contributed by atoms with Gasteiger partial charge in [0.2, 0.25) is 0 Å². The number of nitrogens with zero attached hydrogens (tertiary/aromatic N) is 1. The maximum Gasteiger partial charge on any atom is 0.256 e. The quantitative estimate of drug-likeness (QED) is 0.599. The van der Waals surface area contributed by atoms with Crippen LogP contribution < -0.4 is 10.1 Å². The minimum atomic E-state index is -0.803. The van der Waals surface area contributed by atoms with Gasteiger partial charge in [-0.3, -0.25) is 9.69 Å². The van der Waals surface area contributed by atoms with Crippen LogP contribution in [0.15, 0.2) is 24.3 Å². The van der Waals surface area contributed by atoms with E-state index in [-0.39, 0.29) is 5.91 Å². The summed E-state index contributed by atoms with van der Waals surface area (Å²) in [6, 6.07) is 7.50. The first kappa shape index (κ1) is 21.7. The molecule has 1 saturated heterocycles. The molecule has 1 aromatic carbocycles. The molecule has 1 heterocycles. The molecule has 0 aromatic heterocycles. The molecule has 0 unspecified atom stereocenters. The van der Waals surface area contributed by atoms with Gasteiger partial charge in [0.25, 0.3) is 5.91 Å². The van der Waals surface area contributed by atoms with E-state index >= 15 is 0 Å². The van der Waals surface area contributed by atoms with Crippen LogP contribution in [0.4, 0.5) is 5.69 Å². The lowest BCUT2D eigenvalue weighted by atomic mass is 9.97. The lowest BCUT2D eigenvalue weighted by Gasteiger charge is -2.27. The summed E-state index contributed by atoms with van der Waals surface area (Å²) in [6.07, 6.45) is 3.91. The second kappa shape index (κ2) is 11.3. The third-order valence-electron chi connectivity index (χ3n) is 5.08. The summed E-state index contributed by atoms with van der Waals surface area (Å²) >= 11 is 0. The molecule has 1 atom stereocenters. The molecule has 1 N–H and O–H groups in total. The molecule has 0 radical (unpaired) electrons. The topological polar surface area (TPSA) is 60.0 Å². The van der Waals surface area contributed by atoms with Gasteiger partial charge in [-0.05, 0) is 37.6 Å². The molecule has 1 aromatic rings. The minimum Gasteiger partial charge on any atom is -0.492 e. The molecule has 27 heavy (non-hydrogen) atoms. The number of methoxy groups -OCH3 is 1. The van der Waals surface area contributed by atoms with Crippen molar-refractivity contribution in [3.05, 3.63) is 24.3 Å². The van der Waals surface area contributed by atoms with Crippen molar-refractivity contribution < 1.29 is 19.0 Å². The zero-order chi connectivity index (χ0) is 19.5. The number of ether oxygens (including phenoxy) is 3. The largest absolute Gasteiger partial charge is 0.492 e. The average Bonchev–Trinajstić information content (AvgIpc) is 2.70. The summed E-state index contributed by atoms with van der Waals surface area (Å²) in [5, 5.41) is 2.95. The van der Waals surface area contributed by atoms with Crippen LogP contribution in [0.3, 0.4) is 0 Å². The zero-order valence-corrected chi connectivity index (χ0v) is 17.0. The van der Waals surface area contributed by atoms with E-state index < -0.39 is 5.60 Å². The standard InChI is InChI=1S/C21H34N2O4/c1-4-5-6-11-21(2,25-3)20(24)22-18-7-9-19(10-8-18)27-17-14-23-12-15-26-16-13-23/h7-10H,4-6,11-17H2,1-3H3,(H,22,24)/t21-/m1/s1. The fourth-order valence-electron chi connectivity index (χ4n) is 3.04. The van der Waals surface area contributed by atoms with Gasteiger partial charge in [-0.15, -0.1) is 0 Å². The van der Waals surface area contributed by atoms with E-state index in [9.17, 15) is 4.79 Å². The van der Waals surface area contributed by atoms with E-state index in [0.29, 0.717) is 13.0 Å². The van der Waals surface area contributed by atoms with Gasteiger partial charge >= 0.3 is 0 Å². The van der Waals surface area contributed by atoms with Crippen molar-refractivity contribution in [1.82, 2.24) is 4.90 Å². The Morgan fingerprint density at radius 3 is 2.56 bits per heavy atom. The number of hydrogen-bond donors (Lipinski definition) is 1. The summed E-state index contributed by atoms with van der Waals surface area (Å²) in [5.41, 5.74) is -0.0537. The number of carbonyl (C=O) groups is 1. The van der Waals surface area contributed by atoms with E-state index in [2.05, 4.69) is 17.1 Å². The predicted molar refractivity (Wildman–Crippen MR) is 107 cm³/mol. The number of unbranched alkanes of at least 4 members (excludes halogenated alkanes) is 2. The second-order valence-corrected chi connectivity index (χ2v) is 7.17. The normalized spacial score (nSPS) is 17.3. The molecule has 152 valence electrons. The van der Waals surface area contributed by atoms with Gasteiger partial charge in [0.15, 0.2) is 0 Å². The Morgan fingerprint density at radius 1 is 1.22 bits per heavy atom. The first-order chi connectivity index (χ1) is 13.1. The predicted octanol–water partition coefficient (Wildman–Crippen LogP) is 3.32. The highest BCUT2D eigenvalue weighted by Crippen LogP contribution is 2.22. The highest BCUT2D eigenvalue weighted by Gasteiger charge is 2.32. The zero-order valence-electron chi connectivity index (χ0n) is 17.0. The SMILES string of the molecule is CCCCC[C@@](C)(OC)C(=O)Nc1ccc(OCCN2CCOCC2)cc1. The van der Waals surface area contributed by atoms with E-state index in [1.54, 1.807) is 7.11 Å². The Hall–Kier alpha value is -1.63. The Kier molecular flexibility index (Phi) is 9.04. The first-order valence-corrected chi connectivity index (χ1v) is 9.97. The van der Waals surface area contributed by atoms with Gasteiger partial charge in [0.1, 0.15) is 18.0 Å². The van der Waals surface area contributed by atoms with Gasteiger partial charge in [-0.1, -0.05) is 26.2 Å². The van der Waals surface area contributed by atoms with Gasteiger partial charge in [-0.2, -0.15) is 0 Å². The highest BCUT2D eigenvalue weighted by atomic mass is 16.5. The van der Waals surface area contributed by atoms with Crippen molar-refractivity contribution in [2.45, 2.75) is 45.1 Å². The Balaban J connectivity index is 1.78. The monoisotopic (exact) mass is 378 g/mol. The first-order valence-electron chi connectivity index (χ1n) is 9.97. The number of amides is 1. The third kappa shape index (κ3) is 7.13. The van der Waals surface area contributed by atoms with E-state index in [1.165, 1.54) is 0 Å². The second-order valence-electron chi connectivity index (χ2n) is 7.17. The molecule has 1 amide bonds. The molecule has 1 aliphatic rings. The minimum absolute atomic E-state index is 0.109. The van der Waals surface area contributed by atoms with Crippen molar-refractivity contribution >= 4 is 11.6 Å². The average molecular weight is 379 g/mol. The van der Waals surface area contributed by atoms with Crippen molar-refractivity contribution in [3.63, 3.8) is 0 Å². The van der Waals surface area contributed by atoms with Crippen LogP contribution in [0.25, 0.3) is 0 Å².